The molecule has 0 aliphatic heterocycles. The molecule has 1 unspecified atom stereocenters. The second kappa shape index (κ2) is 21.0. The highest BCUT2D eigenvalue weighted by atomic mass is 16.6. The Hall–Kier alpha value is -1.92. The zero-order chi connectivity index (χ0) is 24.0. The molecule has 7 nitrogen and oxygen atoms in total. The van der Waals surface area contributed by atoms with Gasteiger partial charge in [-0.25, -0.2) is 4.79 Å². The summed E-state index contributed by atoms with van der Waals surface area (Å²) in [5.74, 6) is -3.09. The van der Waals surface area contributed by atoms with Crippen LogP contribution in [0.25, 0.3) is 0 Å². The highest BCUT2D eigenvalue weighted by Gasteiger charge is 2.24. The van der Waals surface area contributed by atoms with Gasteiger partial charge in [-0.1, -0.05) is 96.8 Å². The third-order valence-corrected chi connectivity index (χ3v) is 5.51. The van der Waals surface area contributed by atoms with Crippen molar-refractivity contribution >= 4 is 23.8 Å². The summed E-state index contributed by atoms with van der Waals surface area (Å²) in [6, 6.07) is -1.12. The zero-order valence-corrected chi connectivity index (χ0v) is 20.3. The molecule has 1 atom stereocenters. The third kappa shape index (κ3) is 20.0. The highest BCUT2D eigenvalue weighted by molar-refractivity contribution is 5.91. The molecule has 0 rings (SSSR count). The van der Waals surface area contributed by atoms with E-state index in [1.807, 2.05) is 0 Å². The van der Waals surface area contributed by atoms with E-state index >= 15 is 0 Å². The van der Waals surface area contributed by atoms with Crippen molar-refractivity contribution in [2.75, 3.05) is 0 Å². The molecule has 32 heavy (non-hydrogen) atoms. The summed E-state index contributed by atoms with van der Waals surface area (Å²) in [4.78, 5) is 45.7. The molecule has 0 aliphatic rings. The number of amides is 1. The van der Waals surface area contributed by atoms with Gasteiger partial charge < -0.3 is 15.2 Å². The molecule has 0 aromatic rings. The van der Waals surface area contributed by atoms with Crippen LogP contribution in [-0.4, -0.2) is 35.0 Å². The number of ether oxygens (including phenoxy) is 1. The molecule has 0 radical (unpaired) electrons. The Morgan fingerprint density at radius 1 is 0.719 bits per heavy atom. The molecule has 0 saturated heterocycles. The van der Waals surface area contributed by atoms with Crippen LogP contribution in [0.1, 0.15) is 129 Å². The number of nitrogens with one attached hydrogen (secondary N) is 1. The molecule has 0 heterocycles. The lowest BCUT2D eigenvalue weighted by molar-refractivity contribution is -0.162. The monoisotopic (exact) mass is 455 g/mol. The number of carboxylic acid groups (broad SMARTS) is 1. The number of carbonyl (C=O) groups is 4. The van der Waals surface area contributed by atoms with Gasteiger partial charge in [0.15, 0.2) is 0 Å². The van der Waals surface area contributed by atoms with Gasteiger partial charge in [0.2, 0.25) is 5.91 Å². The summed E-state index contributed by atoms with van der Waals surface area (Å²) >= 11 is 0. The van der Waals surface area contributed by atoms with Crippen LogP contribution in [0.4, 0.5) is 0 Å². The topological polar surface area (TPSA) is 110 Å². The summed E-state index contributed by atoms with van der Waals surface area (Å²) in [5, 5.41) is 11.1. The minimum Gasteiger partial charge on any atom is -0.481 e. The van der Waals surface area contributed by atoms with E-state index in [0.717, 1.165) is 19.3 Å². The van der Waals surface area contributed by atoms with E-state index < -0.39 is 29.9 Å². The van der Waals surface area contributed by atoms with Gasteiger partial charge in [-0.15, -0.1) is 0 Å². The molecule has 0 spiro atoms. The maximum absolute atomic E-state index is 12.0. The molecule has 0 fully saturated rings. The Morgan fingerprint density at radius 3 is 1.56 bits per heavy atom. The van der Waals surface area contributed by atoms with Crippen molar-refractivity contribution in [1.29, 1.82) is 0 Å². The van der Waals surface area contributed by atoms with Gasteiger partial charge >= 0.3 is 17.9 Å². The normalized spacial score (nSPS) is 11.7. The van der Waals surface area contributed by atoms with Crippen molar-refractivity contribution in [3.63, 3.8) is 0 Å². The third-order valence-electron chi connectivity index (χ3n) is 5.51. The average molecular weight is 456 g/mol. The number of rotatable bonds is 21. The second-order valence-electron chi connectivity index (χ2n) is 8.68. The molecule has 0 aromatic heterocycles. The number of hydrogen-bond donors (Lipinski definition) is 2. The number of esters is 2. The lowest BCUT2D eigenvalue weighted by Crippen LogP contribution is -2.41. The van der Waals surface area contributed by atoms with Crippen molar-refractivity contribution in [3.8, 4) is 0 Å². The van der Waals surface area contributed by atoms with Gasteiger partial charge in [0.1, 0.15) is 6.04 Å². The predicted octanol–water partition coefficient (Wildman–Crippen LogP) is 5.69. The van der Waals surface area contributed by atoms with Gasteiger partial charge in [-0.2, -0.15) is 0 Å². The van der Waals surface area contributed by atoms with E-state index in [4.69, 9.17) is 9.84 Å². The van der Waals surface area contributed by atoms with E-state index in [-0.39, 0.29) is 19.3 Å². The number of aliphatic carboxylic acids is 1. The van der Waals surface area contributed by atoms with Crippen LogP contribution in [0.5, 0.6) is 0 Å². The minimum atomic E-state index is -1.12. The van der Waals surface area contributed by atoms with Crippen LogP contribution in [0.15, 0.2) is 0 Å². The Bertz CT molecular complexity index is 535. The standard InChI is InChI=1S/C25H45NO6/c1-3-4-5-6-7-8-9-10-11-12-13-14-15-16-17-18-24(30)32-25(31)22(26-21(2)27)19-20-23(28)29/h22H,3-20H2,1-2H3,(H,26,27)(H,28,29). The highest BCUT2D eigenvalue weighted by Crippen LogP contribution is 2.14. The first-order valence-electron chi connectivity index (χ1n) is 12.6. The molecule has 1 amide bonds. The van der Waals surface area contributed by atoms with Gasteiger partial charge in [0.25, 0.3) is 0 Å². The van der Waals surface area contributed by atoms with Gasteiger partial charge in [-0.05, 0) is 12.8 Å². The van der Waals surface area contributed by atoms with Crippen molar-refractivity contribution in [2.45, 2.75) is 135 Å². The number of carboxylic acids is 1. The zero-order valence-electron chi connectivity index (χ0n) is 20.3. The van der Waals surface area contributed by atoms with Crippen LogP contribution < -0.4 is 5.32 Å². The van der Waals surface area contributed by atoms with E-state index in [9.17, 15) is 19.2 Å². The Balaban J connectivity index is 3.66. The first-order valence-corrected chi connectivity index (χ1v) is 12.6. The molecule has 0 saturated carbocycles. The predicted molar refractivity (Wildman–Crippen MR) is 125 cm³/mol. The van der Waals surface area contributed by atoms with Gasteiger partial charge in [0, 0.05) is 19.8 Å². The SMILES string of the molecule is CCCCCCCCCCCCCCCCCC(=O)OC(=O)C(CCC(=O)O)NC(C)=O. The fraction of sp³-hybridized carbons (Fsp3) is 0.840. The van der Waals surface area contributed by atoms with Crippen LogP contribution >= 0.6 is 0 Å². The Labute approximate surface area is 194 Å². The number of hydrogen-bond acceptors (Lipinski definition) is 5. The van der Waals surface area contributed by atoms with E-state index in [1.165, 1.54) is 77.6 Å². The lowest BCUT2D eigenvalue weighted by atomic mass is 10.0. The second-order valence-corrected chi connectivity index (χ2v) is 8.68. The Kier molecular flexibility index (Phi) is 19.7. The van der Waals surface area contributed by atoms with Crippen molar-refractivity contribution in [1.82, 2.24) is 5.32 Å². The fourth-order valence-corrected chi connectivity index (χ4v) is 3.64. The van der Waals surface area contributed by atoms with Gasteiger partial charge in [0.05, 0.1) is 0 Å². The molecule has 0 bridgehead atoms. The summed E-state index contributed by atoms with van der Waals surface area (Å²) in [6.45, 7) is 3.47. The fourth-order valence-electron chi connectivity index (χ4n) is 3.64. The number of unbranched alkanes of at least 4 members (excludes halogenated alkanes) is 14. The van der Waals surface area contributed by atoms with Crippen LogP contribution in [-0.2, 0) is 23.9 Å². The van der Waals surface area contributed by atoms with Crippen molar-refractivity contribution < 1.29 is 29.0 Å². The summed E-state index contributed by atoms with van der Waals surface area (Å²) in [7, 11) is 0. The van der Waals surface area contributed by atoms with Crippen LogP contribution in [0.2, 0.25) is 0 Å². The van der Waals surface area contributed by atoms with E-state index in [1.54, 1.807) is 0 Å². The minimum absolute atomic E-state index is 0.111. The quantitative estimate of drug-likeness (QED) is 0.131. The Morgan fingerprint density at radius 2 is 1.16 bits per heavy atom. The number of carbonyl (C=O) groups excluding carboxylic acids is 3. The largest absolute Gasteiger partial charge is 0.481 e. The maximum atomic E-state index is 12.0. The summed E-state index contributed by atoms with van der Waals surface area (Å²) in [6.07, 6.45) is 18.2. The molecule has 7 heteroatoms. The first kappa shape index (κ1) is 30.1. The van der Waals surface area contributed by atoms with Crippen molar-refractivity contribution in [2.24, 2.45) is 0 Å². The van der Waals surface area contributed by atoms with E-state index in [2.05, 4.69) is 12.2 Å². The molecule has 186 valence electrons. The van der Waals surface area contributed by atoms with Crippen LogP contribution in [0, 0.1) is 0 Å². The maximum Gasteiger partial charge on any atom is 0.336 e. The summed E-state index contributed by atoms with van der Waals surface area (Å²) in [5.41, 5.74) is 0. The first-order chi connectivity index (χ1) is 15.4. The lowest BCUT2D eigenvalue weighted by Gasteiger charge is -2.15. The molecular formula is C25H45NO6. The van der Waals surface area contributed by atoms with Crippen LogP contribution in [0.3, 0.4) is 0 Å². The molecule has 2 N–H and O–H groups in total. The van der Waals surface area contributed by atoms with E-state index in [0.29, 0.717) is 6.42 Å². The smallest absolute Gasteiger partial charge is 0.336 e. The molecule has 0 aliphatic carbocycles. The summed E-state index contributed by atoms with van der Waals surface area (Å²) < 4.78 is 4.78. The van der Waals surface area contributed by atoms with Crippen molar-refractivity contribution in [3.05, 3.63) is 0 Å². The molecular weight excluding hydrogens is 410 g/mol. The molecule has 0 aromatic carbocycles. The van der Waals surface area contributed by atoms with Gasteiger partial charge in [-0.3, -0.25) is 14.4 Å². The average Bonchev–Trinajstić information content (AvgIpc) is 2.73.